The van der Waals surface area contributed by atoms with E-state index < -0.39 is 23.0 Å². The van der Waals surface area contributed by atoms with Crippen molar-refractivity contribution in [2.24, 2.45) is 0 Å². The molecule has 3 heterocycles. The summed E-state index contributed by atoms with van der Waals surface area (Å²) in [5.41, 5.74) is 0.784. The number of anilines is 2. The molecule has 1 aliphatic heterocycles. The van der Waals surface area contributed by atoms with E-state index in [1.165, 1.54) is 44.9 Å². The van der Waals surface area contributed by atoms with Gasteiger partial charge in [-0.05, 0) is 43.3 Å². The van der Waals surface area contributed by atoms with Gasteiger partial charge in [0.1, 0.15) is 17.7 Å². The number of hydrogen-bond donors (Lipinski definition) is 1. The third-order valence-electron chi connectivity index (χ3n) is 8.52. The highest BCUT2D eigenvalue weighted by atomic mass is 19.1. The zero-order valence-electron chi connectivity index (χ0n) is 27.2. The molecule has 1 amide bonds. The number of fused-ring (bicyclic) bond motifs is 2. The normalized spacial score (nSPS) is 13.6. The van der Waals surface area contributed by atoms with Crippen LogP contribution in [0.25, 0.3) is 21.8 Å². The quantitative estimate of drug-likeness (QED) is 0.198. The first-order valence-corrected chi connectivity index (χ1v) is 15.7. The third-order valence-corrected chi connectivity index (χ3v) is 8.52. The number of ether oxygens (including phenoxy) is 3. The lowest BCUT2D eigenvalue weighted by molar-refractivity contribution is 0.102. The first-order valence-electron chi connectivity index (χ1n) is 15.7. The summed E-state index contributed by atoms with van der Waals surface area (Å²) in [5.74, 6) is -1.23. The first-order chi connectivity index (χ1) is 23.2. The molecule has 0 atom stereocenters. The second kappa shape index (κ2) is 13.8. The Balaban J connectivity index is 1.26. The smallest absolute Gasteiger partial charge is 0.261 e. The standard InChI is InChI=1S/C35H36F2N6O5/c1-5-9-43-19-24(33(44)23-15-25(36)29(18-28(23)43)42-12-10-41(6-2)11-13-42)34(45)40-21-7-8-30(26(37)14-21)48-35-22-16-31(46-3)32(47-4)17-27(22)38-20-39-35/h7-8,14-20H,5-6,9-13H2,1-4H3,(H,40,45). The number of methoxy groups -OCH3 is 2. The Morgan fingerprint density at radius 1 is 0.896 bits per heavy atom. The number of carbonyl (C=O) groups is 1. The number of likely N-dealkylation sites (N-methyl/N-ethyl adjacent to an activating group) is 1. The van der Waals surface area contributed by atoms with Crippen LogP contribution < -0.4 is 29.9 Å². The minimum Gasteiger partial charge on any atom is -0.493 e. The molecule has 0 radical (unpaired) electrons. The van der Waals surface area contributed by atoms with Gasteiger partial charge in [-0.15, -0.1) is 0 Å². The molecule has 0 unspecified atom stereocenters. The molecule has 0 bridgehead atoms. The summed E-state index contributed by atoms with van der Waals surface area (Å²) in [6, 6.07) is 10.1. The molecule has 5 aromatic rings. The van der Waals surface area contributed by atoms with Crippen molar-refractivity contribution in [1.29, 1.82) is 0 Å². The van der Waals surface area contributed by atoms with Crippen molar-refractivity contribution < 1.29 is 27.8 Å². The monoisotopic (exact) mass is 658 g/mol. The Morgan fingerprint density at radius 2 is 1.65 bits per heavy atom. The van der Waals surface area contributed by atoms with E-state index in [0.717, 1.165) is 32.1 Å². The molecule has 6 rings (SSSR count). The molecule has 250 valence electrons. The van der Waals surface area contributed by atoms with E-state index >= 15 is 8.78 Å². The molecule has 1 saturated heterocycles. The molecule has 2 aromatic heterocycles. The Hall–Kier alpha value is -5.30. The van der Waals surface area contributed by atoms with E-state index in [0.29, 0.717) is 53.2 Å². The molecule has 1 fully saturated rings. The Labute approximate surface area is 275 Å². The highest BCUT2D eigenvalue weighted by Crippen LogP contribution is 2.36. The molecule has 48 heavy (non-hydrogen) atoms. The Morgan fingerprint density at radius 3 is 2.33 bits per heavy atom. The molecule has 13 heteroatoms. The van der Waals surface area contributed by atoms with Crippen LogP contribution >= 0.6 is 0 Å². The van der Waals surface area contributed by atoms with Crippen molar-refractivity contribution in [2.75, 3.05) is 57.2 Å². The molecule has 3 aromatic carbocycles. The fourth-order valence-electron chi connectivity index (χ4n) is 5.94. The molecule has 0 spiro atoms. The second-order valence-corrected chi connectivity index (χ2v) is 11.4. The average Bonchev–Trinajstić information content (AvgIpc) is 3.10. The van der Waals surface area contributed by atoms with Gasteiger partial charge in [-0.2, -0.15) is 0 Å². The van der Waals surface area contributed by atoms with Gasteiger partial charge in [0.05, 0.1) is 36.3 Å². The third kappa shape index (κ3) is 6.33. The maximum Gasteiger partial charge on any atom is 0.261 e. The van der Waals surface area contributed by atoms with E-state index in [-0.39, 0.29) is 28.3 Å². The van der Waals surface area contributed by atoms with Crippen LogP contribution in [0.15, 0.2) is 59.8 Å². The lowest BCUT2D eigenvalue weighted by Crippen LogP contribution is -2.46. The summed E-state index contributed by atoms with van der Waals surface area (Å²) in [6.07, 6.45) is 3.48. The van der Waals surface area contributed by atoms with Gasteiger partial charge in [0.25, 0.3) is 5.91 Å². The summed E-state index contributed by atoms with van der Waals surface area (Å²) in [4.78, 5) is 39.7. The minimum absolute atomic E-state index is 0.0860. The van der Waals surface area contributed by atoms with Gasteiger partial charge in [-0.3, -0.25) is 9.59 Å². The molecular formula is C35H36F2N6O5. The Bertz CT molecular complexity index is 2060. The highest BCUT2D eigenvalue weighted by molar-refractivity contribution is 6.06. The van der Waals surface area contributed by atoms with Crippen molar-refractivity contribution in [1.82, 2.24) is 19.4 Å². The van der Waals surface area contributed by atoms with Gasteiger partial charge in [0.15, 0.2) is 23.1 Å². The molecule has 1 aliphatic rings. The number of benzene rings is 3. The fraction of sp³-hybridized carbons (Fsp3) is 0.314. The Kier molecular flexibility index (Phi) is 9.40. The van der Waals surface area contributed by atoms with Gasteiger partial charge >= 0.3 is 0 Å². The highest BCUT2D eigenvalue weighted by Gasteiger charge is 2.23. The predicted octanol–water partition coefficient (Wildman–Crippen LogP) is 5.84. The van der Waals surface area contributed by atoms with E-state index in [9.17, 15) is 9.59 Å². The zero-order chi connectivity index (χ0) is 33.9. The zero-order valence-corrected chi connectivity index (χ0v) is 27.2. The summed E-state index contributed by atoms with van der Waals surface area (Å²) in [7, 11) is 2.99. The van der Waals surface area contributed by atoms with Crippen LogP contribution in [0.4, 0.5) is 20.2 Å². The van der Waals surface area contributed by atoms with Crippen molar-refractivity contribution >= 4 is 39.1 Å². The lowest BCUT2D eigenvalue weighted by Gasteiger charge is -2.35. The SMILES string of the molecule is CCCn1cc(C(=O)Nc2ccc(Oc3ncnc4cc(OC)c(OC)cc34)c(F)c2)c(=O)c2cc(F)c(N3CCN(CC)CC3)cc21. The van der Waals surface area contributed by atoms with E-state index in [2.05, 4.69) is 27.1 Å². The van der Waals surface area contributed by atoms with E-state index in [4.69, 9.17) is 14.2 Å². The van der Waals surface area contributed by atoms with Crippen molar-refractivity contribution in [2.45, 2.75) is 26.8 Å². The van der Waals surface area contributed by atoms with Crippen LogP contribution in [-0.4, -0.2) is 72.3 Å². The number of piperazine rings is 1. The average molecular weight is 659 g/mol. The van der Waals surface area contributed by atoms with Crippen LogP contribution in [0.3, 0.4) is 0 Å². The summed E-state index contributed by atoms with van der Waals surface area (Å²) >= 11 is 0. The maximum atomic E-state index is 15.5. The molecule has 0 saturated carbocycles. The van der Waals surface area contributed by atoms with Crippen LogP contribution in [0.1, 0.15) is 30.6 Å². The van der Waals surface area contributed by atoms with Gasteiger partial charge in [-0.1, -0.05) is 13.8 Å². The topological polar surface area (TPSA) is 111 Å². The van der Waals surface area contributed by atoms with Gasteiger partial charge in [0.2, 0.25) is 11.3 Å². The molecular weight excluding hydrogens is 622 g/mol. The lowest BCUT2D eigenvalue weighted by atomic mass is 10.1. The minimum atomic E-state index is -0.781. The summed E-state index contributed by atoms with van der Waals surface area (Å²) in [6.45, 7) is 8.51. The van der Waals surface area contributed by atoms with Crippen LogP contribution in [0.2, 0.25) is 0 Å². The van der Waals surface area contributed by atoms with Crippen LogP contribution in [0, 0.1) is 11.6 Å². The number of halogens is 2. The van der Waals surface area contributed by atoms with Gasteiger partial charge in [0, 0.05) is 62.1 Å². The van der Waals surface area contributed by atoms with Crippen molar-refractivity contribution in [3.8, 4) is 23.1 Å². The summed E-state index contributed by atoms with van der Waals surface area (Å²) in [5, 5.41) is 3.17. The van der Waals surface area contributed by atoms with Crippen molar-refractivity contribution in [3.05, 3.63) is 82.4 Å². The predicted molar refractivity (Wildman–Crippen MR) is 180 cm³/mol. The number of nitrogens with one attached hydrogen (secondary N) is 1. The van der Waals surface area contributed by atoms with Crippen molar-refractivity contribution in [3.63, 3.8) is 0 Å². The fourth-order valence-corrected chi connectivity index (χ4v) is 5.94. The number of aromatic nitrogens is 3. The molecule has 11 nitrogen and oxygen atoms in total. The first kappa shape index (κ1) is 32.6. The number of amides is 1. The summed E-state index contributed by atoms with van der Waals surface area (Å²) < 4.78 is 49.1. The number of pyridine rings is 1. The van der Waals surface area contributed by atoms with E-state index in [1.807, 2.05) is 11.8 Å². The van der Waals surface area contributed by atoms with Crippen LogP contribution in [-0.2, 0) is 6.54 Å². The number of carbonyl (C=O) groups excluding carboxylic acids is 1. The molecule has 0 aliphatic carbocycles. The number of hydrogen-bond acceptors (Lipinski definition) is 9. The number of rotatable bonds is 10. The number of aryl methyl sites for hydroxylation is 1. The van der Waals surface area contributed by atoms with E-state index in [1.54, 1.807) is 22.8 Å². The number of nitrogens with zero attached hydrogens (tertiary/aromatic N) is 5. The molecule has 1 N–H and O–H groups in total. The maximum absolute atomic E-state index is 15.5. The second-order valence-electron chi connectivity index (χ2n) is 11.4. The van der Waals surface area contributed by atoms with Crippen LogP contribution in [0.5, 0.6) is 23.1 Å². The largest absolute Gasteiger partial charge is 0.493 e. The van der Waals surface area contributed by atoms with Gasteiger partial charge in [-0.25, -0.2) is 18.7 Å². The van der Waals surface area contributed by atoms with Gasteiger partial charge < -0.3 is 33.9 Å².